The van der Waals surface area contributed by atoms with Crippen LogP contribution in [0.2, 0.25) is 0 Å². The van der Waals surface area contributed by atoms with Gasteiger partial charge >= 0.3 is 0 Å². The predicted octanol–water partition coefficient (Wildman–Crippen LogP) is 1.10. The second kappa shape index (κ2) is 3.05. The largest absolute Gasteiger partial charge is 0.298 e. The molecule has 3 heteroatoms. The molecule has 0 radical (unpaired) electrons. The molecule has 0 aliphatic carbocycles. The zero-order valence-corrected chi connectivity index (χ0v) is 6.07. The third-order valence-electron chi connectivity index (χ3n) is 1.36. The van der Waals surface area contributed by atoms with Crippen molar-refractivity contribution >= 4 is 12.1 Å². The van der Waals surface area contributed by atoms with Gasteiger partial charge in [-0.3, -0.25) is 14.6 Å². The van der Waals surface area contributed by atoms with Gasteiger partial charge in [0.05, 0.1) is 0 Å². The topological polar surface area (TPSA) is 47.0 Å². The van der Waals surface area contributed by atoms with Gasteiger partial charge in [-0.05, 0) is 13.0 Å². The molecule has 0 N–H and O–H groups in total. The zero-order chi connectivity index (χ0) is 8.27. The predicted molar refractivity (Wildman–Crippen MR) is 39.6 cm³/mol. The number of pyridine rings is 1. The van der Waals surface area contributed by atoms with E-state index in [0.29, 0.717) is 17.4 Å². The Bertz CT molecular complexity index is 294. The number of aldehydes is 1. The number of nitrogens with zero attached hydrogens (tertiary/aromatic N) is 1. The molecule has 0 fully saturated rings. The first kappa shape index (κ1) is 7.60. The zero-order valence-electron chi connectivity index (χ0n) is 6.07. The lowest BCUT2D eigenvalue weighted by Gasteiger charge is -1.96. The summed E-state index contributed by atoms with van der Waals surface area (Å²) in [6.07, 6.45) is 3.50. The Balaban J connectivity index is 3.22. The van der Waals surface area contributed by atoms with Gasteiger partial charge in [0.2, 0.25) is 0 Å². The Labute approximate surface area is 64.1 Å². The van der Waals surface area contributed by atoms with Crippen LogP contribution in [0.15, 0.2) is 18.5 Å². The number of Topliss-reactive ketones (excluding diaryl/α,β-unsaturated/α-hetero) is 1. The van der Waals surface area contributed by atoms with Crippen molar-refractivity contribution in [2.45, 2.75) is 6.92 Å². The van der Waals surface area contributed by atoms with Gasteiger partial charge in [-0.25, -0.2) is 0 Å². The molecule has 0 aromatic carbocycles. The van der Waals surface area contributed by atoms with Gasteiger partial charge in [-0.2, -0.15) is 0 Å². The van der Waals surface area contributed by atoms with Crippen molar-refractivity contribution in [1.29, 1.82) is 0 Å². The Morgan fingerprint density at radius 3 is 2.82 bits per heavy atom. The SMILES string of the molecule is CC(=O)c1ccncc1C=O. The van der Waals surface area contributed by atoms with E-state index in [0.717, 1.165) is 0 Å². The van der Waals surface area contributed by atoms with E-state index in [2.05, 4.69) is 4.98 Å². The quantitative estimate of drug-likeness (QED) is 0.467. The van der Waals surface area contributed by atoms with Gasteiger partial charge < -0.3 is 0 Å². The lowest BCUT2D eigenvalue weighted by molar-refractivity contribution is 0.100. The maximum atomic E-state index is 10.8. The van der Waals surface area contributed by atoms with Crippen molar-refractivity contribution in [1.82, 2.24) is 4.98 Å². The minimum Gasteiger partial charge on any atom is -0.298 e. The molecular formula is C8H7NO2. The van der Waals surface area contributed by atoms with Crippen LogP contribution in [-0.4, -0.2) is 17.1 Å². The van der Waals surface area contributed by atoms with Gasteiger partial charge in [-0.15, -0.1) is 0 Å². The van der Waals surface area contributed by atoms with E-state index in [9.17, 15) is 9.59 Å². The second-order valence-corrected chi connectivity index (χ2v) is 2.14. The molecule has 1 rings (SSSR count). The standard InChI is InChI=1S/C8H7NO2/c1-6(11)8-2-3-9-4-7(8)5-10/h2-5H,1H3. The van der Waals surface area contributed by atoms with Crippen molar-refractivity contribution in [3.63, 3.8) is 0 Å². The molecule has 0 unspecified atom stereocenters. The van der Waals surface area contributed by atoms with E-state index in [1.54, 1.807) is 0 Å². The summed E-state index contributed by atoms with van der Waals surface area (Å²) in [6, 6.07) is 1.53. The van der Waals surface area contributed by atoms with Crippen LogP contribution in [0.25, 0.3) is 0 Å². The van der Waals surface area contributed by atoms with E-state index in [-0.39, 0.29) is 5.78 Å². The van der Waals surface area contributed by atoms with E-state index in [4.69, 9.17) is 0 Å². The summed E-state index contributed by atoms with van der Waals surface area (Å²) in [5, 5.41) is 0. The first-order chi connectivity index (χ1) is 5.25. The summed E-state index contributed by atoms with van der Waals surface area (Å²) in [5.74, 6) is -0.116. The molecule has 0 saturated carbocycles. The molecule has 0 amide bonds. The minimum atomic E-state index is -0.116. The number of hydrogen-bond acceptors (Lipinski definition) is 3. The van der Waals surface area contributed by atoms with Gasteiger partial charge in [0.25, 0.3) is 0 Å². The first-order valence-electron chi connectivity index (χ1n) is 3.16. The smallest absolute Gasteiger partial charge is 0.160 e. The molecule has 0 saturated heterocycles. The highest BCUT2D eigenvalue weighted by Gasteiger charge is 2.04. The molecule has 1 heterocycles. The highest BCUT2D eigenvalue weighted by atomic mass is 16.1. The summed E-state index contributed by atoms with van der Waals surface area (Å²) in [6.45, 7) is 1.42. The Kier molecular flexibility index (Phi) is 2.11. The van der Waals surface area contributed by atoms with Crippen LogP contribution in [0.3, 0.4) is 0 Å². The normalized spacial score (nSPS) is 9.18. The summed E-state index contributed by atoms with van der Waals surface area (Å²) in [7, 11) is 0. The van der Waals surface area contributed by atoms with Gasteiger partial charge in [0.15, 0.2) is 12.1 Å². The molecule has 0 aliphatic rings. The van der Waals surface area contributed by atoms with Crippen LogP contribution < -0.4 is 0 Å². The lowest BCUT2D eigenvalue weighted by Crippen LogP contribution is -1.98. The number of rotatable bonds is 2. The molecule has 3 nitrogen and oxygen atoms in total. The average Bonchev–Trinajstić information content (AvgIpc) is 2.04. The Morgan fingerprint density at radius 2 is 2.36 bits per heavy atom. The van der Waals surface area contributed by atoms with Crippen LogP contribution in [0, 0.1) is 0 Å². The maximum Gasteiger partial charge on any atom is 0.160 e. The summed E-state index contributed by atoms with van der Waals surface area (Å²) in [4.78, 5) is 24.9. The third-order valence-corrected chi connectivity index (χ3v) is 1.36. The van der Waals surface area contributed by atoms with Crippen molar-refractivity contribution < 1.29 is 9.59 Å². The van der Waals surface area contributed by atoms with E-state index < -0.39 is 0 Å². The maximum absolute atomic E-state index is 10.8. The number of carbonyl (C=O) groups excluding carboxylic acids is 2. The molecule has 11 heavy (non-hydrogen) atoms. The monoisotopic (exact) mass is 149 g/mol. The fourth-order valence-corrected chi connectivity index (χ4v) is 0.821. The fourth-order valence-electron chi connectivity index (χ4n) is 0.821. The lowest BCUT2D eigenvalue weighted by atomic mass is 10.1. The molecule has 0 aliphatic heterocycles. The van der Waals surface area contributed by atoms with E-state index >= 15 is 0 Å². The van der Waals surface area contributed by atoms with E-state index in [1.807, 2.05) is 0 Å². The summed E-state index contributed by atoms with van der Waals surface area (Å²) < 4.78 is 0. The van der Waals surface area contributed by atoms with Crippen molar-refractivity contribution in [3.05, 3.63) is 29.6 Å². The highest BCUT2D eigenvalue weighted by Crippen LogP contribution is 2.03. The van der Waals surface area contributed by atoms with Crippen molar-refractivity contribution in [2.24, 2.45) is 0 Å². The number of carbonyl (C=O) groups is 2. The van der Waals surface area contributed by atoms with Crippen LogP contribution in [0.5, 0.6) is 0 Å². The molecule has 1 aromatic rings. The first-order valence-corrected chi connectivity index (χ1v) is 3.16. The van der Waals surface area contributed by atoms with Crippen LogP contribution in [0.4, 0.5) is 0 Å². The van der Waals surface area contributed by atoms with E-state index in [1.165, 1.54) is 25.4 Å². The third kappa shape index (κ3) is 1.49. The Morgan fingerprint density at radius 1 is 1.64 bits per heavy atom. The van der Waals surface area contributed by atoms with Gasteiger partial charge in [0, 0.05) is 23.5 Å². The van der Waals surface area contributed by atoms with Crippen LogP contribution in [0.1, 0.15) is 27.6 Å². The molecule has 0 bridgehead atoms. The summed E-state index contributed by atoms with van der Waals surface area (Å²) in [5.41, 5.74) is 0.773. The molecular weight excluding hydrogens is 142 g/mol. The molecule has 0 spiro atoms. The Hall–Kier alpha value is -1.51. The van der Waals surface area contributed by atoms with Crippen molar-refractivity contribution in [3.8, 4) is 0 Å². The average molecular weight is 149 g/mol. The van der Waals surface area contributed by atoms with Gasteiger partial charge in [0.1, 0.15) is 0 Å². The minimum absolute atomic E-state index is 0.116. The van der Waals surface area contributed by atoms with Crippen LogP contribution >= 0.6 is 0 Å². The number of aromatic nitrogens is 1. The molecule has 0 atom stereocenters. The van der Waals surface area contributed by atoms with Crippen LogP contribution in [-0.2, 0) is 0 Å². The number of hydrogen-bond donors (Lipinski definition) is 0. The van der Waals surface area contributed by atoms with Crippen molar-refractivity contribution in [2.75, 3.05) is 0 Å². The summed E-state index contributed by atoms with van der Waals surface area (Å²) >= 11 is 0. The fraction of sp³-hybridized carbons (Fsp3) is 0.125. The van der Waals surface area contributed by atoms with Gasteiger partial charge in [-0.1, -0.05) is 0 Å². The number of ketones is 1. The second-order valence-electron chi connectivity index (χ2n) is 2.14. The molecule has 56 valence electrons. The molecule has 1 aromatic heterocycles. The highest BCUT2D eigenvalue weighted by molar-refractivity contribution is 6.00.